The van der Waals surface area contributed by atoms with Gasteiger partial charge in [-0.25, -0.2) is 5.43 Å². The maximum absolute atomic E-state index is 12.2. The molecule has 1 aliphatic carbocycles. The summed E-state index contributed by atoms with van der Waals surface area (Å²) < 4.78 is 5.53. The van der Waals surface area contributed by atoms with E-state index in [1.165, 1.54) is 23.0 Å². The van der Waals surface area contributed by atoms with Crippen LogP contribution in [0.25, 0.3) is 6.08 Å². The van der Waals surface area contributed by atoms with Crippen molar-refractivity contribution in [1.82, 2.24) is 15.3 Å². The van der Waals surface area contributed by atoms with Gasteiger partial charge in [-0.3, -0.25) is 9.78 Å². The monoisotopic (exact) mass is 388 g/mol. The lowest BCUT2D eigenvalue weighted by Crippen LogP contribution is -2.36. The van der Waals surface area contributed by atoms with Gasteiger partial charge in [0.1, 0.15) is 0 Å². The van der Waals surface area contributed by atoms with Gasteiger partial charge in [0.2, 0.25) is 0 Å². The van der Waals surface area contributed by atoms with Crippen LogP contribution >= 0.6 is 0 Å². The summed E-state index contributed by atoms with van der Waals surface area (Å²) in [6.07, 6.45) is 9.06. The van der Waals surface area contributed by atoms with Crippen LogP contribution in [0.4, 0.5) is 0 Å². The van der Waals surface area contributed by atoms with Crippen molar-refractivity contribution >= 4 is 18.2 Å². The van der Waals surface area contributed by atoms with E-state index in [1.54, 1.807) is 24.5 Å². The minimum Gasteiger partial charge on any atom is -0.378 e. The van der Waals surface area contributed by atoms with E-state index in [-0.39, 0.29) is 5.91 Å². The van der Waals surface area contributed by atoms with E-state index in [4.69, 9.17) is 4.74 Å². The molecule has 4 rings (SSSR count). The molecule has 1 aromatic heterocycles. The highest BCUT2D eigenvalue weighted by molar-refractivity contribution is 5.94. The number of benzene rings is 1. The number of hydrazone groups is 1. The number of hydrogen-bond donors (Lipinski definition) is 1. The maximum atomic E-state index is 12.2. The average Bonchev–Trinajstić information content (AvgIpc) is 3.18. The molecule has 0 bridgehead atoms. The number of ether oxygens (including phenoxy) is 1. The van der Waals surface area contributed by atoms with Gasteiger partial charge in [-0.2, -0.15) is 5.10 Å². The first-order valence-corrected chi connectivity index (χ1v) is 9.86. The predicted octanol–water partition coefficient (Wildman–Crippen LogP) is 3.26. The van der Waals surface area contributed by atoms with E-state index in [9.17, 15) is 4.79 Å². The van der Waals surface area contributed by atoms with Crippen molar-refractivity contribution in [2.24, 2.45) is 5.10 Å². The molecule has 2 aliphatic rings. The fourth-order valence-corrected chi connectivity index (χ4v) is 3.65. The molecular formula is C23H24N4O2. The lowest BCUT2D eigenvalue weighted by Gasteiger charge is -2.31. The van der Waals surface area contributed by atoms with Gasteiger partial charge in [0.15, 0.2) is 0 Å². The van der Waals surface area contributed by atoms with Crippen LogP contribution in [0.1, 0.15) is 28.8 Å². The van der Waals surface area contributed by atoms with Crippen LogP contribution in [-0.4, -0.2) is 48.3 Å². The quantitative estimate of drug-likeness (QED) is 0.631. The van der Waals surface area contributed by atoms with Gasteiger partial charge in [0.25, 0.3) is 5.91 Å². The molecule has 0 spiro atoms. The minimum atomic E-state index is -0.263. The molecule has 29 heavy (non-hydrogen) atoms. The van der Waals surface area contributed by atoms with Crippen LogP contribution < -0.4 is 5.43 Å². The summed E-state index contributed by atoms with van der Waals surface area (Å²) in [5.74, 6) is -0.263. The largest absolute Gasteiger partial charge is 0.378 e. The van der Waals surface area contributed by atoms with Crippen molar-refractivity contribution in [3.8, 4) is 0 Å². The first-order valence-electron chi connectivity index (χ1n) is 9.86. The number of nitrogens with one attached hydrogen (secondary N) is 1. The smallest absolute Gasteiger partial charge is 0.272 e. The summed E-state index contributed by atoms with van der Waals surface area (Å²) in [5.41, 5.74) is 7.95. The molecule has 1 saturated heterocycles. The van der Waals surface area contributed by atoms with Gasteiger partial charge in [-0.15, -0.1) is 0 Å². The Morgan fingerprint density at radius 2 is 1.93 bits per heavy atom. The Morgan fingerprint density at radius 3 is 2.69 bits per heavy atom. The summed E-state index contributed by atoms with van der Waals surface area (Å²) >= 11 is 0. The van der Waals surface area contributed by atoms with Crippen LogP contribution in [0, 0.1) is 0 Å². The molecule has 0 unspecified atom stereocenters. The molecule has 6 heteroatoms. The number of carbonyl (C=O) groups excluding carboxylic acids is 1. The van der Waals surface area contributed by atoms with E-state index in [0.29, 0.717) is 5.56 Å². The molecule has 148 valence electrons. The molecular weight excluding hydrogens is 364 g/mol. The van der Waals surface area contributed by atoms with Crippen molar-refractivity contribution in [3.05, 3.63) is 82.8 Å². The zero-order valence-corrected chi connectivity index (χ0v) is 16.3. The van der Waals surface area contributed by atoms with Crippen molar-refractivity contribution in [1.29, 1.82) is 0 Å². The Bertz CT molecular complexity index is 930. The normalized spacial score (nSPS) is 18.6. The summed E-state index contributed by atoms with van der Waals surface area (Å²) in [6.45, 7) is 3.18. The minimum absolute atomic E-state index is 0.263. The molecule has 2 heterocycles. The zero-order valence-electron chi connectivity index (χ0n) is 16.3. The average molecular weight is 388 g/mol. The van der Waals surface area contributed by atoms with Crippen molar-refractivity contribution < 1.29 is 9.53 Å². The number of amides is 1. The number of pyridine rings is 1. The van der Waals surface area contributed by atoms with Gasteiger partial charge < -0.3 is 9.64 Å². The molecule has 0 saturated carbocycles. The number of rotatable bonds is 5. The zero-order chi connectivity index (χ0) is 19.9. The number of allylic oxidation sites excluding steroid dienone is 2. The van der Waals surface area contributed by atoms with Gasteiger partial charge in [-0.05, 0) is 47.8 Å². The Labute approximate surface area is 170 Å². The SMILES string of the molecule is O=C(N/N=C\C1=C(N2CCOCC2)C(=Cc2ccccc2)CC1)c1cccnc1. The second kappa shape index (κ2) is 9.30. The van der Waals surface area contributed by atoms with E-state index in [2.05, 4.69) is 50.8 Å². The lowest BCUT2D eigenvalue weighted by atomic mass is 10.1. The van der Waals surface area contributed by atoms with E-state index in [0.717, 1.165) is 44.7 Å². The van der Waals surface area contributed by atoms with Crippen molar-refractivity contribution in [3.63, 3.8) is 0 Å². The molecule has 6 nitrogen and oxygen atoms in total. The highest BCUT2D eigenvalue weighted by Gasteiger charge is 2.25. The molecule has 1 amide bonds. The fraction of sp³-hybridized carbons (Fsp3) is 0.261. The molecule has 1 aliphatic heterocycles. The Balaban J connectivity index is 1.56. The summed E-state index contributed by atoms with van der Waals surface area (Å²) in [5, 5.41) is 4.22. The van der Waals surface area contributed by atoms with Gasteiger partial charge in [0, 0.05) is 31.2 Å². The van der Waals surface area contributed by atoms with Crippen LogP contribution in [0.2, 0.25) is 0 Å². The number of aromatic nitrogens is 1. The first-order chi connectivity index (χ1) is 14.3. The van der Waals surface area contributed by atoms with E-state index < -0.39 is 0 Å². The van der Waals surface area contributed by atoms with Crippen molar-refractivity contribution in [2.45, 2.75) is 12.8 Å². The fourth-order valence-electron chi connectivity index (χ4n) is 3.65. The first kappa shape index (κ1) is 19.1. The standard InChI is InChI=1S/C23H24N4O2/c28-23(21-7-4-10-24-16-21)26-25-17-20-9-8-19(15-18-5-2-1-3-6-18)22(20)27-11-13-29-14-12-27/h1-7,10,15-17H,8-9,11-14H2,(H,26,28)/b19-15?,25-17-. The van der Waals surface area contributed by atoms with Crippen LogP contribution in [0.5, 0.6) is 0 Å². The Hall–Kier alpha value is -3.25. The third-order valence-corrected chi connectivity index (χ3v) is 5.05. The van der Waals surface area contributed by atoms with Crippen LogP contribution in [0.3, 0.4) is 0 Å². The van der Waals surface area contributed by atoms with E-state index in [1.807, 2.05) is 6.07 Å². The lowest BCUT2D eigenvalue weighted by molar-refractivity contribution is 0.0548. The maximum Gasteiger partial charge on any atom is 0.272 e. The topological polar surface area (TPSA) is 66.8 Å². The van der Waals surface area contributed by atoms with Crippen LogP contribution in [0.15, 0.2) is 76.8 Å². The summed E-state index contributed by atoms with van der Waals surface area (Å²) in [4.78, 5) is 18.5. The van der Waals surface area contributed by atoms with Crippen LogP contribution in [-0.2, 0) is 4.74 Å². The number of morpholine rings is 1. The van der Waals surface area contributed by atoms with E-state index >= 15 is 0 Å². The molecule has 0 radical (unpaired) electrons. The summed E-state index contributed by atoms with van der Waals surface area (Å²) in [7, 11) is 0. The predicted molar refractivity (Wildman–Crippen MR) is 113 cm³/mol. The van der Waals surface area contributed by atoms with Gasteiger partial charge >= 0.3 is 0 Å². The highest BCUT2D eigenvalue weighted by Crippen LogP contribution is 2.34. The van der Waals surface area contributed by atoms with Gasteiger partial charge in [-0.1, -0.05) is 30.3 Å². The third-order valence-electron chi connectivity index (χ3n) is 5.05. The molecule has 1 aromatic carbocycles. The molecule has 2 aromatic rings. The molecule has 0 atom stereocenters. The summed E-state index contributed by atoms with van der Waals surface area (Å²) in [6, 6.07) is 13.8. The Kier molecular flexibility index (Phi) is 6.12. The number of hydrogen-bond acceptors (Lipinski definition) is 5. The Morgan fingerprint density at radius 1 is 1.10 bits per heavy atom. The second-order valence-corrected chi connectivity index (χ2v) is 6.99. The number of carbonyl (C=O) groups is 1. The molecule has 1 N–H and O–H groups in total. The van der Waals surface area contributed by atoms with Gasteiger partial charge in [0.05, 0.1) is 25.0 Å². The molecule has 1 fully saturated rings. The highest BCUT2D eigenvalue weighted by atomic mass is 16.5. The number of nitrogens with zero attached hydrogens (tertiary/aromatic N) is 3. The second-order valence-electron chi connectivity index (χ2n) is 6.99. The van der Waals surface area contributed by atoms with Crippen molar-refractivity contribution in [2.75, 3.05) is 26.3 Å². The third kappa shape index (κ3) is 4.78.